The number of fused-ring (bicyclic) bond motifs is 1. The zero-order valence-corrected chi connectivity index (χ0v) is 18.2. The van der Waals surface area contributed by atoms with Gasteiger partial charge in [-0.15, -0.1) is 0 Å². The SMILES string of the molecule is CC(Nc1cc(C(N)=O)n(C)n1)c1cc2cc(Cl)c(OCc3ccccn3)cc2[nH]c1=O. The van der Waals surface area contributed by atoms with Crippen LogP contribution in [-0.2, 0) is 13.7 Å². The number of hydrogen-bond acceptors (Lipinski definition) is 6. The minimum atomic E-state index is -0.583. The quantitative estimate of drug-likeness (QED) is 0.395. The number of primary amides is 1. The number of nitrogens with zero attached hydrogens (tertiary/aromatic N) is 3. The number of ether oxygens (including phenoxy) is 1. The van der Waals surface area contributed by atoms with Gasteiger partial charge in [-0.05, 0) is 31.2 Å². The number of hydrogen-bond donors (Lipinski definition) is 3. The molecule has 1 aromatic carbocycles. The molecule has 9 nitrogen and oxygen atoms in total. The molecule has 4 N–H and O–H groups in total. The summed E-state index contributed by atoms with van der Waals surface area (Å²) < 4.78 is 7.17. The summed E-state index contributed by atoms with van der Waals surface area (Å²) in [5.74, 6) is 0.302. The molecule has 0 saturated heterocycles. The van der Waals surface area contributed by atoms with E-state index in [0.29, 0.717) is 27.7 Å². The van der Waals surface area contributed by atoms with Crippen molar-refractivity contribution in [2.45, 2.75) is 19.6 Å². The number of aryl methyl sites for hydroxylation is 1. The average Bonchev–Trinajstić information content (AvgIpc) is 3.13. The lowest BCUT2D eigenvalue weighted by Gasteiger charge is -2.14. The number of nitrogens with two attached hydrogens (primary N) is 1. The van der Waals surface area contributed by atoms with Crippen molar-refractivity contribution in [2.75, 3.05) is 5.32 Å². The number of H-pyrrole nitrogens is 1. The Kier molecular flexibility index (Phi) is 5.83. The van der Waals surface area contributed by atoms with Crippen molar-refractivity contribution >= 4 is 34.2 Å². The standard InChI is InChI=1S/C22H21ClN6O3/c1-12(26-20-10-18(21(24)30)29(2)28-20)15-7-13-8-16(23)19(9-17(13)27-22(15)31)32-11-14-5-3-4-6-25-14/h3-10,12H,11H2,1-2H3,(H2,24,30)(H,26,28)(H,27,31). The second-order valence-electron chi connectivity index (χ2n) is 7.30. The maximum Gasteiger partial charge on any atom is 0.267 e. The number of aromatic amines is 1. The second kappa shape index (κ2) is 8.72. The van der Waals surface area contributed by atoms with E-state index in [-0.39, 0.29) is 17.9 Å². The maximum atomic E-state index is 12.7. The van der Waals surface area contributed by atoms with Gasteiger partial charge in [0, 0.05) is 36.3 Å². The van der Waals surface area contributed by atoms with Crippen molar-refractivity contribution in [1.29, 1.82) is 0 Å². The summed E-state index contributed by atoms with van der Waals surface area (Å²) in [6.07, 6.45) is 1.69. The van der Waals surface area contributed by atoms with E-state index in [0.717, 1.165) is 11.1 Å². The first-order chi connectivity index (χ1) is 15.3. The van der Waals surface area contributed by atoms with Crippen LogP contribution in [0.3, 0.4) is 0 Å². The molecule has 0 aliphatic rings. The minimum Gasteiger partial charge on any atom is -0.486 e. The van der Waals surface area contributed by atoms with Crippen LogP contribution in [0.2, 0.25) is 5.02 Å². The van der Waals surface area contributed by atoms with E-state index in [1.807, 2.05) is 25.1 Å². The Morgan fingerprint density at radius 3 is 2.81 bits per heavy atom. The first-order valence-electron chi connectivity index (χ1n) is 9.81. The maximum absolute atomic E-state index is 12.7. The molecule has 0 aliphatic carbocycles. The highest BCUT2D eigenvalue weighted by Crippen LogP contribution is 2.30. The van der Waals surface area contributed by atoms with E-state index in [2.05, 4.69) is 20.4 Å². The van der Waals surface area contributed by atoms with Crippen LogP contribution in [-0.4, -0.2) is 25.7 Å². The predicted molar refractivity (Wildman–Crippen MR) is 122 cm³/mol. The number of nitrogens with one attached hydrogen (secondary N) is 2. The fourth-order valence-electron chi connectivity index (χ4n) is 3.36. The molecule has 4 aromatic rings. The van der Waals surface area contributed by atoms with Crippen LogP contribution in [0, 0.1) is 0 Å². The van der Waals surface area contributed by atoms with Gasteiger partial charge in [-0.3, -0.25) is 19.3 Å². The van der Waals surface area contributed by atoms with Gasteiger partial charge in [0.25, 0.3) is 11.5 Å². The molecule has 3 aromatic heterocycles. The van der Waals surface area contributed by atoms with Crippen molar-refractivity contribution in [3.05, 3.63) is 81.0 Å². The number of carbonyl (C=O) groups excluding carboxylic acids is 1. The lowest BCUT2D eigenvalue weighted by atomic mass is 10.1. The third-order valence-corrected chi connectivity index (χ3v) is 5.29. The first-order valence-corrected chi connectivity index (χ1v) is 10.2. The molecule has 164 valence electrons. The Morgan fingerprint density at radius 2 is 2.12 bits per heavy atom. The van der Waals surface area contributed by atoms with Crippen molar-refractivity contribution < 1.29 is 9.53 Å². The largest absolute Gasteiger partial charge is 0.486 e. The van der Waals surface area contributed by atoms with Gasteiger partial charge in [-0.1, -0.05) is 17.7 Å². The Hall–Kier alpha value is -3.85. The molecule has 0 fully saturated rings. The van der Waals surface area contributed by atoms with E-state index in [1.165, 1.54) is 10.7 Å². The molecule has 4 rings (SSSR count). The normalized spacial score (nSPS) is 12.0. The number of benzene rings is 1. The number of aromatic nitrogens is 4. The van der Waals surface area contributed by atoms with Crippen LogP contribution in [0.15, 0.2) is 53.5 Å². The molecule has 1 amide bonds. The Morgan fingerprint density at radius 1 is 1.31 bits per heavy atom. The molecular weight excluding hydrogens is 432 g/mol. The molecule has 32 heavy (non-hydrogen) atoms. The monoisotopic (exact) mass is 452 g/mol. The number of anilines is 1. The molecule has 1 atom stereocenters. The van der Waals surface area contributed by atoms with Gasteiger partial charge in [0.05, 0.1) is 22.3 Å². The topological polar surface area (TPSA) is 128 Å². The molecule has 0 saturated carbocycles. The fraction of sp³-hybridized carbons (Fsp3) is 0.182. The van der Waals surface area contributed by atoms with E-state index >= 15 is 0 Å². The molecule has 10 heteroatoms. The van der Waals surface area contributed by atoms with Crippen LogP contribution < -0.4 is 21.3 Å². The lowest BCUT2D eigenvalue weighted by Crippen LogP contribution is -2.19. The van der Waals surface area contributed by atoms with Gasteiger partial charge >= 0.3 is 0 Å². The third-order valence-electron chi connectivity index (χ3n) is 4.99. The first kappa shape index (κ1) is 21.4. The third kappa shape index (κ3) is 4.42. The van der Waals surface area contributed by atoms with Crippen LogP contribution in [0.5, 0.6) is 5.75 Å². The highest BCUT2D eigenvalue weighted by Gasteiger charge is 2.16. The number of amides is 1. The van der Waals surface area contributed by atoms with Crippen molar-refractivity contribution in [1.82, 2.24) is 19.7 Å². The van der Waals surface area contributed by atoms with E-state index < -0.39 is 11.9 Å². The summed E-state index contributed by atoms with van der Waals surface area (Å²) in [6.45, 7) is 2.08. The predicted octanol–water partition coefficient (Wildman–Crippen LogP) is 3.16. The van der Waals surface area contributed by atoms with Crippen LogP contribution in [0.4, 0.5) is 5.82 Å². The molecule has 0 spiro atoms. The van der Waals surface area contributed by atoms with Gasteiger partial charge in [-0.2, -0.15) is 5.10 Å². The van der Waals surface area contributed by atoms with E-state index in [9.17, 15) is 9.59 Å². The van der Waals surface area contributed by atoms with Gasteiger partial charge < -0.3 is 20.8 Å². The number of pyridine rings is 2. The summed E-state index contributed by atoms with van der Waals surface area (Å²) in [5, 5.41) is 8.50. The smallest absolute Gasteiger partial charge is 0.267 e. The highest BCUT2D eigenvalue weighted by molar-refractivity contribution is 6.32. The molecule has 1 unspecified atom stereocenters. The summed E-state index contributed by atoms with van der Waals surface area (Å²) in [7, 11) is 1.62. The molecule has 0 bridgehead atoms. The van der Waals surface area contributed by atoms with Gasteiger partial charge in [0.15, 0.2) is 0 Å². The molecule has 0 aliphatic heterocycles. The Bertz CT molecular complexity index is 1350. The second-order valence-corrected chi connectivity index (χ2v) is 7.71. The summed E-state index contributed by atoms with van der Waals surface area (Å²) >= 11 is 6.41. The van der Waals surface area contributed by atoms with E-state index in [4.69, 9.17) is 22.1 Å². The zero-order chi connectivity index (χ0) is 22.8. The van der Waals surface area contributed by atoms with Crippen molar-refractivity contribution in [3.63, 3.8) is 0 Å². The summed E-state index contributed by atoms with van der Waals surface area (Å²) in [6, 6.07) is 11.9. The highest BCUT2D eigenvalue weighted by atomic mass is 35.5. The zero-order valence-electron chi connectivity index (χ0n) is 17.4. The van der Waals surface area contributed by atoms with Gasteiger partial charge in [0.1, 0.15) is 23.9 Å². The van der Waals surface area contributed by atoms with Crippen LogP contribution in [0.1, 0.15) is 34.7 Å². The van der Waals surface area contributed by atoms with Gasteiger partial charge in [-0.25, -0.2) is 0 Å². The number of carbonyl (C=O) groups is 1. The number of halogens is 1. The minimum absolute atomic E-state index is 0.257. The van der Waals surface area contributed by atoms with Crippen LogP contribution in [0.25, 0.3) is 10.9 Å². The summed E-state index contributed by atoms with van der Waals surface area (Å²) in [4.78, 5) is 31.3. The molecular formula is C22H21ClN6O3. The average molecular weight is 453 g/mol. The Balaban J connectivity index is 1.58. The number of rotatable bonds is 7. The fourth-order valence-corrected chi connectivity index (χ4v) is 3.59. The van der Waals surface area contributed by atoms with Crippen molar-refractivity contribution in [2.24, 2.45) is 12.8 Å². The molecule has 3 heterocycles. The Labute approximate surface area is 188 Å². The van der Waals surface area contributed by atoms with Crippen LogP contribution >= 0.6 is 11.6 Å². The van der Waals surface area contributed by atoms with Gasteiger partial charge in [0.2, 0.25) is 0 Å². The molecule has 0 radical (unpaired) electrons. The van der Waals surface area contributed by atoms with E-state index in [1.54, 1.807) is 31.4 Å². The van der Waals surface area contributed by atoms with Crippen molar-refractivity contribution in [3.8, 4) is 5.75 Å². The summed E-state index contributed by atoms with van der Waals surface area (Å²) in [5.41, 5.74) is 7.18. The lowest BCUT2D eigenvalue weighted by molar-refractivity contribution is 0.0991.